The van der Waals surface area contributed by atoms with Crippen LogP contribution >= 0.6 is 0 Å². The summed E-state index contributed by atoms with van der Waals surface area (Å²) in [6.07, 6.45) is 9.56. The maximum absolute atomic E-state index is 10.9. The van der Waals surface area contributed by atoms with Gasteiger partial charge in [0.15, 0.2) is 0 Å². The quantitative estimate of drug-likeness (QED) is 0.187. The third-order valence-electron chi connectivity index (χ3n) is 16.2. The first-order chi connectivity index (χ1) is 21.5. The highest BCUT2D eigenvalue weighted by Crippen LogP contribution is 2.66. The van der Waals surface area contributed by atoms with Crippen molar-refractivity contribution in [2.45, 2.75) is 154 Å². The summed E-state index contributed by atoms with van der Waals surface area (Å²) in [5.41, 5.74) is 2.11. The van der Waals surface area contributed by atoms with E-state index in [-0.39, 0.29) is 39.6 Å². The van der Waals surface area contributed by atoms with Crippen LogP contribution in [0.4, 0.5) is 0 Å². The number of hydrogen-bond donors (Lipinski definition) is 8. The van der Waals surface area contributed by atoms with Crippen molar-refractivity contribution in [2.75, 3.05) is 0 Å². The molecule has 0 heterocycles. The lowest BCUT2D eigenvalue weighted by Gasteiger charge is -2.58. The van der Waals surface area contributed by atoms with E-state index >= 15 is 0 Å². The molecule has 0 spiro atoms. The van der Waals surface area contributed by atoms with Gasteiger partial charge in [-0.25, -0.2) is 0 Å². The van der Waals surface area contributed by atoms with E-state index in [4.69, 9.17) is 0 Å². The molecule has 0 aromatic carbocycles. The molecule has 8 aliphatic rings. The fourth-order valence-electron chi connectivity index (χ4n) is 13.3. The second-order valence-corrected chi connectivity index (χ2v) is 18.2. The molecule has 8 N–H and O–H groups in total. The average Bonchev–Trinajstić information content (AvgIpc) is 3.38. The first-order valence-electron chi connectivity index (χ1n) is 18.4. The molecular formula is C38H60O8. The molecule has 8 rings (SSSR count). The predicted molar refractivity (Wildman–Crippen MR) is 173 cm³/mol. The summed E-state index contributed by atoms with van der Waals surface area (Å²) >= 11 is 0. The lowest BCUT2D eigenvalue weighted by Crippen LogP contribution is -2.55. The van der Waals surface area contributed by atoms with Crippen molar-refractivity contribution in [2.24, 2.45) is 57.2 Å². The van der Waals surface area contributed by atoms with Crippen LogP contribution in [0, 0.1) is 57.2 Å². The third kappa shape index (κ3) is 4.74. The van der Waals surface area contributed by atoms with Crippen LogP contribution in [0.2, 0.25) is 0 Å². The minimum atomic E-state index is -0.674. The molecule has 8 heteroatoms. The van der Waals surface area contributed by atoms with Crippen LogP contribution < -0.4 is 0 Å². The Morgan fingerprint density at radius 1 is 0.587 bits per heavy atom. The van der Waals surface area contributed by atoms with Gasteiger partial charge in [-0.05, 0) is 134 Å². The molecular weight excluding hydrogens is 584 g/mol. The lowest BCUT2D eigenvalue weighted by atomic mass is 9.47. The molecule has 6 saturated carbocycles. The number of rotatable bonds is 0. The van der Waals surface area contributed by atoms with E-state index in [2.05, 4.69) is 33.8 Å². The second-order valence-electron chi connectivity index (χ2n) is 18.2. The number of hydrogen-bond acceptors (Lipinski definition) is 8. The van der Waals surface area contributed by atoms with Crippen LogP contribution in [0.1, 0.15) is 105 Å². The highest BCUT2D eigenvalue weighted by atomic mass is 16.3. The number of aliphatic hydroxyl groups excluding tert-OH is 8. The van der Waals surface area contributed by atoms with Gasteiger partial charge in [-0.15, -0.1) is 0 Å². The van der Waals surface area contributed by atoms with Crippen LogP contribution in [0.5, 0.6) is 0 Å². The van der Waals surface area contributed by atoms with Crippen molar-refractivity contribution in [3.05, 3.63) is 23.3 Å². The van der Waals surface area contributed by atoms with E-state index in [1.165, 1.54) is 11.1 Å². The van der Waals surface area contributed by atoms with Gasteiger partial charge in [0.2, 0.25) is 0 Å². The smallest absolute Gasteiger partial charge is 0.0855 e. The Morgan fingerprint density at radius 2 is 1.20 bits per heavy atom. The van der Waals surface area contributed by atoms with Crippen molar-refractivity contribution in [3.63, 3.8) is 0 Å². The first-order valence-corrected chi connectivity index (χ1v) is 18.4. The molecule has 0 aromatic rings. The van der Waals surface area contributed by atoms with Gasteiger partial charge in [0.25, 0.3) is 0 Å². The minimum absolute atomic E-state index is 0.0403. The molecule has 0 aliphatic heterocycles. The number of fused-ring (bicyclic) bond motifs is 10. The van der Waals surface area contributed by atoms with E-state index < -0.39 is 42.7 Å². The van der Waals surface area contributed by atoms with E-state index in [0.29, 0.717) is 55.8 Å². The van der Waals surface area contributed by atoms with E-state index in [9.17, 15) is 40.9 Å². The van der Waals surface area contributed by atoms with Gasteiger partial charge in [-0.1, -0.05) is 51.0 Å². The van der Waals surface area contributed by atoms with Crippen LogP contribution in [0.25, 0.3) is 0 Å². The van der Waals surface area contributed by atoms with Gasteiger partial charge in [-0.3, -0.25) is 0 Å². The standard InChI is InChI=1S/2C19H30O4/c1-18-5-3-11(20)7-10(18)8-14(21)16-12(18)4-6-19(2)13(16)9-15(22)17(19)23;1-18-6-5-12-11(13(18)8-15(21)17(18)23)4-3-10-7-14(20)16(22)9-19(10,12)2/h8,11-17,20-23H,3-7,9H2,1-2H3;3,11-17,20-23H,4-9H2,1-2H3/t11-,12-,13-,14+,15+,16+,17-,18-,19-;11-,12+,13+,14-,15-,16-,17+,18+,19+/m01/s1. The lowest BCUT2D eigenvalue weighted by molar-refractivity contribution is -0.110. The van der Waals surface area contributed by atoms with Crippen molar-refractivity contribution in [3.8, 4) is 0 Å². The Labute approximate surface area is 274 Å². The maximum Gasteiger partial charge on any atom is 0.0855 e. The second kappa shape index (κ2) is 11.3. The zero-order chi connectivity index (χ0) is 33.1. The van der Waals surface area contributed by atoms with Gasteiger partial charge in [0.05, 0.1) is 48.8 Å². The van der Waals surface area contributed by atoms with Crippen molar-refractivity contribution < 1.29 is 40.9 Å². The van der Waals surface area contributed by atoms with E-state index in [1.54, 1.807) is 0 Å². The summed E-state index contributed by atoms with van der Waals surface area (Å²) in [5.74, 6) is 1.98. The summed E-state index contributed by atoms with van der Waals surface area (Å²) in [5, 5.41) is 82.5. The van der Waals surface area contributed by atoms with Gasteiger partial charge in [0, 0.05) is 0 Å². The third-order valence-corrected chi connectivity index (χ3v) is 16.2. The Balaban J connectivity index is 0.000000147. The summed E-state index contributed by atoms with van der Waals surface area (Å²) in [6, 6.07) is 0. The van der Waals surface area contributed by atoms with Crippen molar-refractivity contribution in [1.29, 1.82) is 0 Å². The maximum atomic E-state index is 10.9. The van der Waals surface area contributed by atoms with Gasteiger partial charge in [0.1, 0.15) is 0 Å². The Morgan fingerprint density at radius 3 is 1.87 bits per heavy atom. The van der Waals surface area contributed by atoms with Crippen LogP contribution in [0.15, 0.2) is 23.3 Å². The molecule has 260 valence electrons. The predicted octanol–water partition coefficient (Wildman–Crippen LogP) is 3.23. The molecule has 0 saturated heterocycles. The van der Waals surface area contributed by atoms with Crippen molar-refractivity contribution in [1.82, 2.24) is 0 Å². The Hall–Kier alpha value is -0.840. The van der Waals surface area contributed by atoms with E-state index in [1.807, 2.05) is 6.08 Å². The normalized spacial score (nSPS) is 58.9. The molecule has 6 fully saturated rings. The highest BCUT2D eigenvalue weighted by molar-refractivity contribution is 5.29. The largest absolute Gasteiger partial charge is 0.393 e. The molecule has 0 bridgehead atoms. The first kappa shape index (κ1) is 33.6. The molecule has 0 amide bonds. The monoisotopic (exact) mass is 644 g/mol. The summed E-state index contributed by atoms with van der Waals surface area (Å²) in [7, 11) is 0. The molecule has 0 aromatic heterocycles. The zero-order valence-electron chi connectivity index (χ0n) is 28.3. The Bertz CT molecular complexity index is 1250. The fraction of sp³-hybridized carbons (Fsp3) is 0.895. The average molecular weight is 645 g/mol. The van der Waals surface area contributed by atoms with Crippen LogP contribution in [0.3, 0.4) is 0 Å². The number of allylic oxidation sites excluding steroid dienone is 1. The minimum Gasteiger partial charge on any atom is -0.393 e. The molecule has 8 aliphatic carbocycles. The molecule has 0 radical (unpaired) electrons. The SMILES string of the molecule is C[C@]12CC[C@H]3[C@@H](CC=C4C[C@@H](O)[C@H](O)C[C@@]43C)[C@@H]1C[C@@H](O)[C@@H]2O.C[C@]12CC[C@H]3[C@@H]([C@H](O)C=C4C[C@@H](O)CC[C@@]43C)[C@@H]1C[C@@H](O)[C@@H]2O. The molecule has 0 unspecified atom stereocenters. The van der Waals surface area contributed by atoms with Crippen LogP contribution in [-0.2, 0) is 0 Å². The molecule has 8 nitrogen and oxygen atoms in total. The molecule has 18 atom stereocenters. The highest BCUT2D eigenvalue weighted by Gasteiger charge is 2.63. The summed E-state index contributed by atoms with van der Waals surface area (Å²) in [4.78, 5) is 0. The van der Waals surface area contributed by atoms with E-state index in [0.717, 1.165) is 44.9 Å². The van der Waals surface area contributed by atoms with Gasteiger partial charge in [-0.2, -0.15) is 0 Å². The fourth-order valence-corrected chi connectivity index (χ4v) is 13.3. The summed E-state index contributed by atoms with van der Waals surface area (Å²) in [6.45, 7) is 8.80. The zero-order valence-corrected chi connectivity index (χ0v) is 28.3. The number of aliphatic hydroxyl groups is 8. The van der Waals surface area contributed by atoms with Crippen molar-refractivity contribution >= 4 is 0 Å². The van der Waals surface area contributed by atoms with Gasteiger partial charge >= 0.3 is 0 Å². The molecule has 46 heavy (non-hydrogen) atoms. The van der Waals surface area contributed by atoms with Gasteiger partial charge < -0.3 is 40.9 Å². The Kier molecular flexibility index (Phi) is 8.30. The van der Waals surface area contributed by atoms with Crippen LogP contribution in [-0.4, -0.2) is 89.7 Å². The topological polar surface area (TPSA) is 162 Å². The summed E-state index contributed by atoms with van der Waals surface area (Å²) < 4.78 is 0.